The van der Waals surface area contributed by atoms with E-state index < -0.39 is 51.1 Å². The summed E-state index contributed by atoms with van der Waals surface area (Å²) >= 11 is 0. The van der Waals surface area contributed by atoms with Gasteiger partial charge >= 0.3 is 25.7 Å². The number of unbranched alkanes of at least 4 members (excludes halogenated alkanes) is 24. The van der Waals surface area contributed by atoms with Gasteiger partial charge in [-0.25, -0.2) is 4.57 Å². The van der Waals surface area contributed by atoms with Gasteiger partial charge < -0.3 is 25.2 Å². The van der Waals surface area contributed by atoms with Gasteiger partial charge in [0, 0.05) is 12.8 Å². The molecule has 0 amide bonds. The highest BCUT2D eigenvalue weighted by molar-refractivity contribution is 7.47. The van der Waals surface area contributed by atoms with E-state index in [1.54, 1.807) is 0 Å². The first-order chi connectivity index (χ1) is 31.6. The van der Waals surface area contributed by atoms with Crippen LogP contribution in [0, 0.1) is 0 Å². The fourth-order valence-electron chi connectivity index (χ4n) is 6.99. The molecule has 376 valence electrons. The Morgan fingerprint density at radius 3 is 1.28 bits per heavy atom. The molecule has 0 saturated heterocycles. The molecule has 1 unspecified atom stereocenters. The Labute approximate surface area is 396 Å². The lowest BCUT2D eigenvalue weighted by molar-refractivity contribution is -0.161. The zero-order valence-electron chi connectivity index (χ0n) is 41.1. The fourth-order valence-corrected chi connectivity index (χ4v) is 7.77. The molecule has 0 fully saturated rings. The molecule has 65 heavy (non-hydrogen) atoms. The van der Waals surface area contributed by atoms with Crippen LogP contribution in [0.15, 0.2) is 60.8 Å². The van der Waals surface area contributed by atoms with Crippen LogP contribution < -0.4 is 5.73 Å². The number of carbonyl (C=O) groups is 3. The standard InChI is InChI=1S/C53H94NO10P/c1-3-5-7-9-11-13-15-17-19-21-23-24-25-27-28-30-32-34-36-38-40-42-44-51(55)61-46-49(47-62-65(59,60)63-48-50(54)53(57)58)64-52(56)45-43-41-39-37-35-33-31-29-26-22-20-18-16-14-12-10-8-6-4-2/h12,14,18,20,26,29,33,35,39,41,49-50H,3-11,13,15-17,19,21-25,27-28,30-32,34,36-38,40,42-48,54H2,1-2H3,(H,57,58)(H,59,60)/b14-12+,20-18+,29-26+,35-33+,41-39+/t49-,50+/m1/s1. The highest BCUT2D eigenvalue weighted by Crippen LogP contribution is 2.43. The molecule has 0 radical (unpaired) electrons. The number of carbonyl (C=O) groups excluding carboxylic acids is 2. The Bertz CT molecular complexity index is 1330. The van der Waals surface area contributed by atoms with Crippen molar-refractivity contribution in [2.75, 3.05) is 19.8 Å². The minimum atomic E-state index is -4.74. The monoisotopic (exact) mass is 936 g/mol. The molecular weight excluding hydrogens is 842 g/mol. The maximum absolute atomic E-state index is 12.6. The third kappa shape index (κ3) is 47.5. The number of carboxylic acid groups (broad SMARTS) is 1. The zero-order chi connectivity index (χ0) is 47.7. The van der Waals surface area contributed by atoms with E-state index in [4.69, 9.17) is 24.8 Å². The quantitative estimate of drug-likeness (QED) is 0.0229. The van der Waals surface area contributed by atoms with Gasteiger partial charge in [-0.1, -0.05) is 222 Å². The number of hydrogen-bond acceptors (Lipinski definition) is 9. The van der Waals surface area contributed by atoms with Crippen LogP contribution in [0.5, 0.6) is 0 Å². The first-order valence-electron chi connectivity index (χ1n) is 25.8. The average Bonchev–Trinajstić information content (AvgIpc) is 3.28. The number of ether oxygens (including phenoxy) is 2. The van der Waals surface area contributed by atoms with Crippen LogP contribution in [0.4, 0.5) is 0 Å². The van der Waals surface area contributed by atoms with Crippen LogP contribution in [0.1, 0.15) is 226 Å². The molecule has 11 nitrogen and oxygen atoms in total. The molecule has 0 rings (SSSR count). The van der Waals surface area contributed by atoms with Crippen LogP contribution in [0.25, 0.3) is 0 Å². The van der Waals surface area contributed by atoms with Gasteiger partial charge in [0.25, 0.3) is 0 Å². The van der Waals surface area contributed by atoms with Crippen molar-refractivity contribution in [1.29, 1.82) is 0 Å². The lowest BCUT2D eigenvalue weighted by atomic mass is 10.0. The number of nitrogens with two attached hydrogens (primary N) is 1. The van der Waals surface area contributed by atoms with Crippen LogP contribution in [0.3, 0.4) is 0 Å². The Hall–Kier alpha value is -2.82. The summed E-state index contributed by atoms with van der Waals surface area (Å²) in [5, 5.41) is 8.92. The van der Waals surface area contributed by atoms with Crippen molar-refractivity contribution in [3.63, 3.8) is 0 Å². The second-order valence-electron chi connectivity index (χ2n) is 17.3. The summed E-state index contributed by atoms with van der Waals surface area (Å²) in [6.07, 6.45) is 57.3. The van der Waals surface area contributed by atoms with Gasteiger partial charge in [0.15, 0.2) is 6.10 Å². The van der Waals surface area contributed by atoms with Gasteiger partial charge in [-0.3, -0.25) is 23.4 Å². The highest BCUT2D eigenvalue weighted by atomic mass is 31.2. The molecule has 0 saturated carbocycles. The Morgan fingerprint density at radius 1 is 0.477 bits per heavy atom. The first kappa shape index (κ1) is 62.2. The van der Waals surface area contributed by atoms with Gasteiger partial charge in [0.1, 0.15) is 12.6 Å². The van der Waals surface area contributed by atoms with E-state index in [1.807, 2.05) is 12.2 Å². The van der Waals surface area contributed by atoms with Crippen molar-refractivity contribution >= 4 is 25.7 Å². The first-order valence-corrected chi connectivity index (χ1v) is 27.3. The Kier molecular flexibility index (Phi) is 45.6. The summed E-state index contributed by atoms with van der Waals surface area (Å²) < 4.78 is 32.8. The lowest BCUT2D eigenvalue weighted by Gasteiger charge is -2.20. The number of esters is 2. The fraction of sp³-hybridized carbons (Fsp3) is 0.755. The molecule has 0 aromatic heterocycles. The van der Waals surface area contributed by atoms with E-state index in [9.17, 15) is 23.8 Å². The molecule has 0 aliphatic heterocycles. The van der Waals surface area contributed by atoms with E-state index >= 15 is 0 Å². The zero-order valence-corrected chi connectivity index (χ0v) is 42.0. The Morgan fingerprint density at radius 2 is 0.846 bits per heavy atom. The summed E-state index contributed by atoms with van der Waals surface area (Å²) in [5.41, 5.74) is 5.35. The maximum atomic E-state index is 12.6. The van der Waals surface area contributed by atoms with E-state index in [0.717, 1.165) is 51.4 Å². The number of phosphoric ester groups is 1. The van der Waals surface area contributed by atoms with Crippen molar-refractivity contribution in [2.45, 2.75) is 238 Å². The number of hydrogen-bond donors (Lipinski definition) is 3. The summed E-state index contributed by atoms with van der Waals surface area (Å²) in [4.78, 5) is 46.1. The van der Waals surface area contributed by atoms with E-state index in [1.165, 1.54) is 135 Å². The average molecular weight is 936 g/mol. The third-order valence-electron chi connectivity index (χ3n) is 11.0. The largest absolute Gasteiger partial charge is 0.480 e. The third-order valence-corrected chi connectivity index (χ3v) is 12.0. The molecule has 0 aliphatic carbocycles. The van der Waals surface area contributed by atoms with Gasteiger partial charge in [-0.15, -0.1) is 0 Å². The van der Waals surface area contributed by atoms with E-state index in [2.05, 4.69) is 67.0 Å². The van der Waals surface area contributed by atoms with Crippen LogP contribution >= 0.6 is 7.82 Å². The smallest absolute Gasteiger partial charge is 0.472 e. The van der Waals surface area contributed by atoms with Gasteiger partial charge in [-0.05, 0) is 51.4 Å². The van der Waals surface area contributed by atoms with Gasteiger partial charge in [-0.2, -0.15) is 0 Å². The molecule has 12 heteroatoms. The predicted octanol–water partition coefficient (Wildman–Crippen LogP) is 14.7. The summed E-state index contributed by atoms with van der Waals surface area (Å²) in [7, 11) is -4.74. The number of allylic oxidation sites excluding steroid dienone is 10. The summed E-state index contributed by atoms with van der Waals surface area (Å²) in [6, 6.07) is -1.53. The molecule has 3 atom stereocenters. The summed E-state index contributed by atoms with van der Waals surface area (Å²) in [5.74, 6) is -2.48. The molecule has 0 heterocycles. The molecular formula is C53H94NO10P. The van der Waals surface area contributed by atoms with E-state index in [0.29, 0.717) is 12.8 Å². The summed E-state index contributed by atoms with van der Waals surface area (Å²) in [6.45, 7) is 2.73. The maximum Gasteiger partial charge on any atom is 0.472 e. The lowest BCUT2D eigenvalue weighted by Crippen LogP contribution is -2.34. The normalized spacial score (nSPS) is 14.0. The molecule has 0 bridgehead atoms. The van der Waals surface area contributed by atoms with Gasteiger partial charge in [0.05, 0.1) is 13.2 Å². The number of rotatable bonds is 48. The molecule has 0 aliphatic rings. The van der Waals surface area contributed by atoms with Crippen molar-refractivity contribution in [2.24, 2.45) is 5.73 Å². The second kappa shape index (κ2) is 47.7. The number of aliphatic carboxylic acids is 1. The molecule has 4 N–H and O–H groups in total. The highest BCUT2D eigenvalue weighted by Gasteiger charge is 2.28. The number of phosphoric acid groups is 1. The Balaban J connectivity index is 4.32. The molecule has 0 aromatic rings. The van der Waals surface area contributed by atoms with Crippen molar-refractivity contribution in [1.82, 2.24) is 0 Å². The minimum Gasteiger partial charge on any atom is -0.480 e. The van der Waals surface area contributed by atoms with Crippen LogP contribution in [-0.2, 0) is 37.5 Å². The minimum absolute atomic E-state index is 0.0375. The molecule has 0 spiro atoms. The SMILES string of the molecule is CCCCC/C=C/C/C=C/C/C=C/C/C=C/C/C=C/CCC(=O)O[C@H](COC(=O)CCCCCCCCCCCCCCCCCCCCCCCC)COP(=O)(O)OC[C@H](N)C(=O)O. The number of carboxylic acids is 1. The molecule has 0 aromatic carbocycles. The van der Waals surface area contributed by atoms with Gasteiger partial charge in [0.2, 0.25) is 0 Å². The van der Waals surface area contributed by atoms with Crippen LogP contribution in [0.2, 0.25) is 0 Å². The topological polar surface area (TPSA) is 172 Å². The van der Waals surface area contributed by atoms with Crippen molar-refractivity contribution < 1.29 is 47.5 Å². The van der Waals surface area contributed by atoms with Crippen molar-refractivity contribution in [3.05, 3.63) is 60.8 Å². The van der Waals surface area contributed by atoms with E-state index in [-0.39, 0.29) is 19.4 Å². The second-order valence-corrected chi connectivity index (χ2v) is 18.8. The predicted molar refractivity (Wildman–Crippen MR) is 268 cm³/mol. The van der Waals surface area contributed by atoms with Crippen molar-refractivity contribution in [3.8, 4) is 0 Å². The van der Waals surface area contributed by atoms with Crippen LogP contribution in [-0.4, -0.2) is 59.9 Å².